The lowest BCUT2D eigenvalue weighted by Gasteiger charge is -2.04. The molecule has 0 saturated carbocycles. The summed E-state index contributed by atoms with van der Waals surface area (Å²) in [6, 6.07) is 0. The number of H-pyrrole nitrogens is 1. The standard InChI is InChI=1S/C14H16N6O/c21-14(3-1-2-11-6-18-19-7-11)17-9-12-8-16-13-10-15-4-5-20(12)13/h4-8,10H,1-3,9H2,(H,17,21)(H,18,19). The number of carbonyl (C=O) groups excluding carboxylic acids is 1. The van der Waals surface area contributed by atoms with Gasteiger partial charge < -0.3 is 5.32 Å². The van der Waals surface area contributed by atoms with Gasteiger partial charge in [0, 0.05) is 25.0 Å². The maximum Gasteiger partial charge on any atom is 0.220 e. The van der Waals surface area contributed by atoms with Crippen LogP contribution in [0.25, 0.3) is 5.65 Å². The first-order chi connectivity index (χ1) is 10.3. The number of imidazole rings is 1. The van der Waals surface area contributed by atoms with Crippen molar-refractivity contribution in [2.75, 3.05) is 0 Å². The molecule has 0 radical (unpaired) electrons. The van der Waals surface area contributed by atoms with Crippen molar-refractivity contribution in [2.24, 2.45) is 0 Å². The molecule has 1 amide bonds. The van der Waals surface area contributed by atoms with E-state index < -0.39 is 0 Å². The van der Waals surface area contributed by atoms with E-state index >= 15 is 0 Å². The van der Waals surface area contributed by atoms with Crippen LogP contribution in [0, 0.1) is 0 Å². The lowest BCUT2D eigenvalue weighted by molar-refractivity contribution is -0.121. The van der Waals surface area contributed by atoms with Crippen LogP contribution in [0.15, 0.2) is 37.2 Å². The van der Waals surface area contributed by atoms with Gasteiger partial charge >= 0.3 is 0 Å². The zero-order valence-electron chi connectivity index (χ0n) is 11.5. The second-order valence-electron chi connectivity index (χ2n) is 4.79. The van der Waals surface area contributed by atoms with Crippen molar-refractivity contribution in [1.82, 2.24) is 29.9 Å². The van der Waals surface area contributed by atoms with Crippen LogP contribution < -0.4 is 5.32 Å². The highest BCUT2D eigenvalue weighted by molar-refractivity contribution is 5.75. The number of hydrogen-bond donors (Lipinski definition) is 2. The summed E-state index contributed by atoms with van der Waals surface area (Å²) < 4.78 is 1.92. The number of rotatable bonds is 6. The van der Waals surface area contributed by atoms with E-state index in [9.17, 15) is 4.79 Å². The van der Waals surface area contributed by atoms with E-state index in [2.05, 4.69) is 25.5 Å². The van der Waals surface area contributed by atoms with Crippen molar-refractivity contribution in [3.63, 3.8) is 0 Å². The lowest BCUT2D eigenvalue weighted by atomic mass is 10.1. The summed E-state index contributed by atoms with van der Waals surface area (Å²) >= 11 is 0. The molecule has 3 heterocycles. The number of nitrogens with zero attached hydrogens (tertiary/aromatic N) is 4. The van der Waals surface area contributed by atoms with Crippen LogP contribution in [0.3, 0.4) is 0 Å². The lowest BCUT2D eigenvalue weighted by Crippen LogP contribution is -2.23. The Morgan fingerprint density at radius 2 is 2.29 bits per heavy atom. The summed E-state index contributed by atoms with van der Waals surface area (Å²) in [5.41, 5.74) is 2.84. The van der Waals surface area contributed by atoms with Crippen LogP contribution in [0.1, 0.15) is 24.1 Å². The Morgan fingerprint density at radius 3 is 3.14 bits per heavy atom. The monoisotopic (exact) mass is 284 g/mol. The van der Waals surface area contributed by atoms with Gasteiger partial charge in [0.25, 0.3) is 0 Å². The number of aryl methyl sites for hydroxylation is 1. The molecule has 0 fully saturated rings. The fourth-order valence-electron chi connectivity index (χ4n) is 2.17. The molecule has 108 valence electrons. The van der Waals surface area contributed by atoms with Crippen LogP contribution in [0.5, 0.6) is 0 Å². The highest BCUT2D eigenvalue weighted by atomic mass is 16.1. The minimum Gasteiger partial charge on any atom is -0.350 e. The Morgan fingerprint density at radius 1 is 1.33 bits per heavy atom. The summed E-state index contributed by atoms with van der Waals surface area (Å²) in [6.45, 7) is 0.468. The van der Waals surface area contributed by atoms with Gasteiger partial charge in [0.2, 0.25) is 5.91 Å². The van der Waals surface area contributed by atoms with Crippen molar-refractivity contribution in [3.8, 4) is 0 Å². The van der Waals surface area contributed by atoms with Crippen LogP contribution in [-0.2, 0) is 17.8 Å². The zero-order chi connectivity index (χ0) is 14.5. The SMILES string of the molecule is O=C(CCCc1cn[nH]c1)NCc1cnc2cnccn12. The molecule has 7 heteroatoms. The van der Waals surface area contributed by atoms with Crippen molar-refractivity contribution in [3.05, 3.63) is 48.4 Å². The van der Waals surface area contributed by atoms with Crippen LogP contribution in [0.2, 0.25) is 0 Å². The zero-order valence-corrected chi connectivity index (χ0v) is 11.5. The first-order valence-corrected chi connectivity index (χ1v) is 6.83. The molecule has 0 unspecified atom stereocenters. The molecular formula is C14H16N6O. The molecule has 21 heavy (non-hydrogen) atoms. The summed E-state index contributed by atoms with van der Waals surface area (Å²) in [4.78, 5) is 20.1. The van der Waals surface area contributed by atoms with E-state index in [1.165, 1.54) is 0 Å². The van der Waals surface area contributed by atoms with Crippen LogP contribution in [-0.4, -0.2) is 30.5 Å². The van der Waals surface area contributed by atoms with E-state index in [-0.39, 0.29) is 5.91 Å². The molecule has 0 aliphatic carbocycles. The molecule has 0 bridgehead atoms. The third kappa shape index (κ3) is 3.25. The van der Waals surface area contributed by atoms with Crippen molar-refractivity contribution in [1.29, 1.82) is 0 Å². The molecule has 7 nitrogen and oxygen atoms in total. The Balaban J connectivity index is 1.47. The van der Waals surface area contributed by atoms with Gasteiger partial charge in [0.05, 0.1) is 30.8 Å². The fourth-order valence-corrected chi connectivity index (χ4v) is 2.17. The summed E-state index contributed by atoms with van der Waals surface area (Å²) in [5.74, 6) is 0.0440. The van der Waals surface area contributed by atoms with Crippen molar-refractivity contribution < 1.29 is 4.79 Å². The Labute approximate surface area is 121 Å². The highest BCUT2D eigenvalue weighted by Crippen LogP contribution is 2.05. The molecule has 0 saturated heterocycles. The predicted molar refractivity (Wildman–Crippen MR) is 76.4 cm³/mol. The van der Waals surface area contributed by atoms with Crippen LogP contribution in [0.4, 0.5) is 0 Å². The van der Waals surface area contributed by atoms with Crippen molar-refractivity contribution >= 4 is 11.6 Å². The number of aromatic amines is 1. The van der Waals surface area contributed by atoms with E-state index in [4.69, 9.17) is 0 Å². The maximum absolute atomic E-state index is 11.8. The summed E-state index contributed by atoms with van der Waals surface area (Å²) in [6.07, 6.45) is 12.8. The van der Waals surface area contributed by atoms with Gasteiger partial charge in [-0.1, -0.05) is 0 Å². The number of fused-ring (bicyclic) bond motifs is 1. The minimum absolute atomic E-state index is 0.0440. The molecule has 0 spiro atoms. The van der Waals surface area contributed by atoms with E-state index in [1.54, 1.807) is 24.8 Å². The Kier molecular flexibility index (Phi) is 3.90. The fraction of sp³-hybridized carbons (Fsp3) is 0.286. The molecule has 3 rings (SSSR count). The normalized spacial score (nSPS) is 10.9. The van der Waals surface area contributed by atoms with E-state index in [1.807, 2.05) is 16.8 Å². The number of carbonyl (C=O) groups is 1. The third-order valence-corrected chi connectivity index (χ3v) is 3.28. The Hall–Kier alpha value is -2.70. The molecule has 0 aliphatic heterocycles. The third-order valence-electron chi connectivity index (χ3n) is 3.28. The number of hydrogen-bond acceptors (Lipinski definition) is 4. The molecule has 0 aliphatic rings. The number of amides is 1. The molecule has 0 atom stereocenters. The quantitative estimate of drug-likeness (QED) is 0.709. The number of nitrogens with one attached hydrogen (secondary N) is 2. The average Bonchev–Trinajstić information content (AvgIpc) is 3.14. The van der Waals surface area contributed by atoms with Gasteiger partial charge in [-0.3, -0.25) is 19.3 Å². The minimum atomic E-state index is 0.0440. The largest absolute Gasteiger partial charge is 0.350 e. The first kappa shape index (κ1) is 13.3. The summed E-state index contributed by atoms with van der Waals surface area (Å²) in [5, 5.41) is 9.56. The van der Waals surface area contributed by atoms with E-state index in [0.29, 0.717) is 13.0 Å². The second-order valence-corrected chi connectivity index (χ2v) is 4.79. The van der Waals surface area contributed by atoms with Crippen LogP contribution >= 0.6 is 0 Å². The molecule has 3 aromatic heterocycles. The van der Waals surface area contributed by atoms with Gasteiger partial charge in [-0.05, 0) is 18.4 Å². The maximum atomic E-state index is 11.8. The number of aromatic nitrogens is 5. The average molecular weight is 284 g/mol. The Bertz CT molecular complexity index is 718. The highest BCUT2D eigenvalue weighted by Gasteiger charge is 2.06. The van der Waals surface area contributed by atoms with Crippen molar-refractivity contribution in [2.45, 2.75) is 25.8 Å². The van der Waals surface area contributed by atoms with Gasteiger partial charge in [-0.2, -0.15) is 5.10 Å². The van der Waals surface area contributed by atoms with Gasteiger partial charge in [-0.15, -0.1) is 0 Å². The molecule has 0 aromatic carbocycles. The molecule has 2 N–H and O–H groups in total. The van der Waals surface area contributed by atoms with Gasteiger partial charge in [0.15, 0.2) is 5.65 Å². The molecular weight excluding hydrogens is 268 g/mol. The smallest absolute Gasteiger partial charge is 0.220 e. The topological polar surface area (TPSA) is 88.0 Å². The molecule has 3 aromatic rings. The van der Waals surface area contributed by atoms with Gasteiger partial charge in [-0.25, -0.2) is 4.98 Å². The first-order valence-electron chi connectivity index (χ1n) is 6.83. The predicted octanol–water partition coefficient (Wildman–Crippen LogP) is 1.09. The second kappa shape index (κ2) is 6.17. The van der Waals surface area contributed by atoms with E-state index in [0.717, 1.165) is 29.7 Å². The summed E-state index contributed by atoms with van der Waals surface area (Å²) in [7, 11) is 0. The van der Waals surface area contributed by atoms with Gasteiger partial charge in [0.1, 0.15) is 0 Å².